The Morgan fingerprint density at radius 2 is 2.00 bits per heavy atom. The number of methoxy groups -OCH3 is 1. The van der Waals surface area contributed by atoms with Gasteiger partial charge in [-0.05, 0) is 36.4 Å². The third-order valence-corrected chi connectivity index (χ3v) is 3.59. The maximum Gasteiger partial charge on any atom is 0.271 e. The van der Waals surface area contributed by atoms with Crippen molar-refractivity contribution < 1.29 is 19.0 Å². The quantitative estimate of drug-likeness (QED) is 0.682. The molecule has 0 spiro atoms. The SMILES string of the molecule is COc1cc(/C=N\NC(=O)c2ccc(Cl)cc2)cc2c1OCCO2. The molecule has 1 heterocycles. The summed E-state index contributed by atoms with van der Waals surface area (Å²) in [5, 5.41) is 4.52. The second-order valence-electron chi connectivity index (χ2n) is 4.95. The molecule has 3 rings (SSSR count). The van der Waals surface area contributed by atoms with Gasteiger partial charge in [0.1, 0.15) is 13.2 Å². The first-order chi connectivity index (χ1) is 11.7. The third-order valence-electron chi connectivity index (χ3n) is 3.34. The van der Waals surface area contributed by atoms with Crippen LogP contribution in [0.5, 0.6) is 17.2 Å². The largest absolute Gasteiger partial charge is 0.493 e. The van der Waals surface area contributed by atoms with Crippen LogP contribution in [0.3, 0.4) is 0 Å². The molecule has 2 aromatic rings. The minimum absolute atomic E-state index is 0.326. The monoisotopic (exact) mass is 346 g/mol. The van der Waals surface area contributed by atoms with Crippen molar-refractivity contribution in [2.24, 2.45) is 5.10 Å². The van der Waals surface area contributed by atoms with Gasteiger partial charge in [0.05, 0.1) is 13.3 Å². The van der Waals surface area contributed by atoms with Crippen molar-refractivity contribution in [2.45, 2.75) is 0 Å². The van der Waals surface area contributed by atoms with Crippen LogP contribution in [0.1, 0.15) is 15.9 Å². The van der Waals surface area contributed by atoms with Crippen LogP contribution in [-0.4, -0.2) is 32.4 Å². The average Bonchev–Trinajstić information content (AvgIpc) is 2.61. The number of rotatable bonds is 4. The van der Waals surface area contributed by atoms with Crippen molar-refractivity contribution in [3.05, 3.63) is 52.5 Å². The second kappa shape index (κ2) is 7.23. The highest BCUT2D eigenvalue weighted by molar-refractivity contribution is 6.30. The van der Waals surface area contributed by atoms with E-state index < -0.39 is 0 Å². The lowest BCUT2D eigenvalue weighted by Crippen LogP contribution is -2.18. The van der Waals surface area contributed by atoms with Crippen LogP contribution in [0, 0.1) is 0 Å². The lowest BCUT2D eigenvalue weighted by Gasteiger charge is -2.20. The topological polar surface area (TPSA) is 69.2 Å². The fraction of sp³-hybridized carbons (Fsp3) is 0.176. The summed E-state index contributed by atoms with van der Waals surface area (Å²) in [6, 6.07) is 10.1. The van der Waals surface area contributed by atoms with Crippen molar-refractivity contribution in [3.8, 4) is 17.2 Å². The number of nitrogens with one attached hydrogen (secondary N) is 1. The van der Waals surface area contributed by atoms with Gasteiger partial charge < -0.3 is 14.2 Å². The van der Waals surface area contributed by atoms with E-state index in [9.17, 15) is 4.79 Å². The summed E-state index contributed by atoms with van der Waals surface area (Å²) < 4.78 is 16.4. The number of amides is 1. The van der Waals surface area contributed by atoms with Gasteiger partial charge in [-0.3, -0.25) is 4.79 Å². The molecule has 0 unspecified atom stereocenters. The summed E-state index contributed by atoms with van der Waals surface area (Å²) >= 11 is 5.79. The first-order valence-corrected chi connectivity index (χ1v) is 7.62. The van der Waals surface area contributed by atoms with Gasteiger partial charge in [0, 0.05) is 16.1 Å². The molecular formula is C17H15ClN2O4. The molecule has 0 atom stereocenters. The molecule has 7 heteroatoms. The van der Waals surface area contributed by atoms with E-state index in [-0.39, 0.29) is 5.91 Å². The van der Waals surface area contributed by atoms with Gasteiger partial charge in [-0.15, -0.1) is 0 Å². The smallest absolute Gasteiger partial charge is 0.271 e. The van der Waals surface area contributed by atoms with E-state index in [0.29, 0.717) is 46.6 Å². The van der Waals surface area contributed by atoms with Crippen molar-refractivity contribution in [1.29, 1.82) is 0 Å². The highest BCUT2D eigenvalue weighted by Gasteiger charge is 2.17. The van der Waals surface area contributed by atoms with Gasteiger partial charge in [0.15, 0.2) is 11.5 Å². The fourth-order valence-corrected chi connectivity index (χ4v) is 2.33. The van der Waals surface area contributed by atoms with E-state index >= 15 is 0 Å². The molecular weight excluding hydrogens is 332 g/mol. The number of hydrogen-bond donors (Lipinski definition) is 1. The van der Waals surface area contributed by atoms with Gasteiger partial charge in [-0.25, -0.2) is 5.43 Å². The summed E-state index contributed by atoms with van der Waals surface area (Å²) in [7, 11) is 1.55. The Bertz CT molecular complexity index is 758. The molecule has 124 valence electrons. The van der Waals surface area contributed by atoms with Gasteiger partial charge in [0.2, 0.25) is 5.75 Å². The molecule has 1 N–H and O–H groups in total. The van der Waals surface area contributed by atoms with Crippen molar-refractivity contribution in [2.75, 3.05) is 20.3 Å². The van der Waals surface area contributed by atoms with Gasteiger partial charge in [0.25, 0.3) is 5.91 Å². The van der Waals surface area contributed by atoms with Crippen LogP contribution in [-0.2, 0) is 0 Å². The maximum absolute atomic E-state index is 12.0. The minimum Gasteiger partial charge on any atom is -0.493 e. The number of hydrogen-bond acceptors (Lipinski definition) is 5. The lowest BCUT2D eigenvalue weighted by atomic mass is 10.2. The summed E-state index contributed by atoms with van der Waals surface area (Å²) in [6.07, 6.45) is 1.51. The van der Waals surface area contributed by atoms with Crippen LogP contribution in [0.15, 0.2) is 41.5 Å². The first-order valence-electron chi connectivity index (χ1n) is 7.24. The van der Waals surface area contributed by atoms with E-state index in [1.165, 1.54) is 6.21 Å². The molecule has 0 saturated heterocycles. The van der Waals surface area contributed by atoms with E-state index in [1.54, 1.807) is 43.5 Å². The normalized spacial score (nSPS) is 12.9. The molecule has 24 heavy (non-hydrogen) atoms. The van der Waals surface area contributed by atoms with E-state index in [2.05, 4.69) is 10.5 Å². The number of fused-ring (bicyclic) bond motifs is 1. The Morgan fingerprint density at radius 1 is 1.25 bits per heavy atom. The number of halogens is 1. The molecule has 0 aliphatic carbocycles. The zero-order valence-corrected chi connectivity index (χ0v) is 13.7. The van der Waals surface area contributed by atoms with Gasteiger partial charge >= 0.3 is 0 Å². The highest BCUT2D eigenvalue weighted by atomic mass is 35.5. The molecule has 1 aliphatic heterocycles. The molecule has 0 fully saturated rings. The number of carbonyl (C=O) groups excluding carboxylic acids is 1. The van der Waals surface area contributed by atoms with Gasteiger partial charge in [-0.1, -0.05) is 11.6 Å². The summed E-state index contributed by atoms with van der Waals surface area (Å²) in [5.74, 6) is 1.39. The number of hydrazone groups is 1. The van der Waals surface area contributed by atoms with Crippen LogP contribution in [0.4, 0.5) is 0 Å². The van der Waals surface area contributed by atoms with E-state index in [1.807, 2.05) is 0 Å². The Hall–Kier alpha value is -2.73. The Labute approximate surface area is 144 Å². The van der Waals surface area contributed by atoms with Gasteiger partial charge in [-0.2, -0.15) is 5.10 Å². The van der Waals surface area contributed by atoms with E-state index in [0.717, 1.165) is 0 Å². The van der Waals surface area contributed by atoms with E-state index in [4.69, 9.17) is 25.8 Å². The summed E-state index contributed by atoms with van der Waals surface area (Å²) in [5.41, 5.74) is 3.64. The molecule has 1 amide bonds. The molecule has 0 saturated carbocycles. The molecule has 0 radical (unpaired) electrons. The first kappa shape index (κ1) is 16.1. The molecule has 0 bridgehead atoms. The predicted molar refractivity (Wildman–Crippen MR) is 90.5 cm³/mol. The number of ether oxygens (including phenoxy) is 3. The molecule has 1 aliphatic rings. The van der Waals surface area contributed by atoms with Crippen LogP contribution >= 0.6 is 11.6 Å². The zero-order valence-electron chi connectivity index (χ0n) is 12.9. The third kappa shape index (κ3) is 3.60. The second-order valence-corrected chi connectivity index (χ2v) is 5.39. The summed E-state index contributed by atoms with van der Waals surface area (Å²) in [4.78, 5) is 12.0. The maximum atomic E-state index is 12.0. The minimum atomic E-state index is -0.326. The lowest BCUT2D eigenvalue weighted by molar-refractivity contribution is 0.0955. The molecule has 0 aromatic heterocycles. The number of carbonyl (C=O) groups is 1. The Balaban J connectivity index is 1.72. The number of nitrogens with zero attached hydrogens (tertiary/aromatic N) is 1. The Kier molecular flexibility index (Phi) is 4.86. The zero-order chi connectivity index (χ0) is 16.9. The molecule has 2 aromatic carbocycles. The standard InChI is InChI=1S/C17H15ClN2O4/c1-22-14-8-11(9-15-16(14)24-7-6-23-15)10-19-20-17(21)12-2-4-13(18)5-3-12/h2-5,8-10H,6-7H2,1H3,(H,20,21)/b19-10-. The van der Waals surface area contributed by atoms with Crippen LogP contribution in [0.2, 0.25) is 5.02 Å². The fourth-order valence-electron chi connectivity index (χ4n) is 2.20. The molecule has 6 nitrogen and oxygen atoms in total. The Morgan fingerprint density at radius 3 is 2.75 bits per heavy atom. The number of benzene rings is 2. The van der Waals surface area contributed by atoms with Crippen molar-refractivity contribution >= 4 is 23.7 Å². The van der Waals surface area contributed by atoms with Crippen LogP contribution in [0.25, 0.3) is 0 Å². The van der Waals surface area contributed by atoms with Crippen molar-refractivity contribution in [1.82, 2.24) is 5.43 Å². The van der Waals surface area contributed by atoms with Crippen molar-refractivity contribution in [3.63, 3.8) is 0 Å². The summed E-state index contributed by atoms with van der Waals surface area (Å²) in [6.45, 7) is 0.956. The predicted octanol–water partition coefficient (Wildman–Crippen LogP) is 2.88. The van der Waals surface area contributed by atoms with Crippen LogP contribution < -0.4 is 19.6 Å². The highest BCUT2D eigenvalue weighted by Crippen LogP contribution is 2.39. The average molecular weight is 347 g/mol.